The molecule has 0 saturated carbocycles. The molecule has 1 amide bonds. The summed E-state index contributed by atoms with van der Waals surface area (Å²) in [5.74, 6) is -1.45. The average molecular weight is 337 g/mol. The number of aliphatic carboxylic acids is 1. The predicted molar refractivity (Wildman–Crippen MR) is 80.3 cm³/mol. The number of rotatable bonds is 3. The number of benzene rings is 1. The summed E-state index contributed by atoms with van der Waals surface area (Å²) in [4.78, 5) is 25.5. The SMILES string of the molecule is O=C([O-])[C@H]1CS[C@H](c2ccoc2)N1C(=O)c1ccccc1Cl. The molecule has 0 N–H and O–H groups in total. The van der Waals surface area contributed by atoms with Crippen molar-refractivity contribution in [3.05, 3.63) is 59.0 Å². The van der Waals surface area contributed by atoms with Crippen LogP contribution < -0.4 is 5.11 Å². The van der Waals surface area contributed by atoms with Crippen LogP contribution in [0.5, 0.6) is 0 Å². The van der Waals surface area contributed by atoms with E-state index < -0.39 is 23.3 Å². The van der Waals surface area contributed by atoms with Crippen LogP contribution in [0.4, 0.5) is 0 Å². The van der Waals surface area contributed by atoms with E-state index in [1.165, 1.54) is 29.2 Å². The third-order valence-electron chi connectivity index (χ3n) is 3.44. The zero-order chi connectivity index (χ0) is 15.7. The van der Waals surface area contributed by atoms with E-state index in [2.05, 4.69) is 0 Å². The van der Waals surface area contributed by atoms with Gasteiger partial charge in [0, 0.05) is 11.3 Å². The monoisotopic (exact) mass is 336 g/mol. The first-order valence-corrected chi connectivity index (χ1v) is 7.94. The standard InChI is InChI=1S/C15H12ClNO4S/c16-11-4-2-1-3-10(11)13(18)17-12(15(19)20)8-22-14(17)9-5-6-21-7-9/h1-7,12,14H,8H2,(H,19,20)/p-1/t12-,14-/m1/s1. The molecule has 5 nitrogen and oxygen atoms in total. The topological polar surface area (TPSA) is 73.6 Å². The molecule has 0 bridgehead atoms. The van der Waals surface area contributed by atoms with Gasteiger partial charge in [-0.3, -0.25) is 4.79 Å². The second-order valence-electron chi connectivity index (χ2n) is 4.77. The van der Waals surface area contributed by atoms with E-state index in [9.17, 15) is 14.7 Å². The third kappa shape index (κ3) is 2.60. The summed E-state index contributed by atoms with van der Waals surface area (Å²) in [7, 11) is 0. The maximum atomic E-state index is 12.8. The highest BCUT2D eigenvalue weighted by Crippen LogP contribution is 2.42. The van der Waals surface area contributed by atoms with Gasteiger partial charge in [0.05, 0.1) is 35.1 Å². The Kier molecular flexibility index (Phi) is 4.13. The fourth-order valence-corrected chi connectivity index (χ4v) is 3.99. The largest absolute Gasteiger partial charge is 0.548 e. The van der Waals surface area contributed by atoms with E-state index in [-0.39, 0.29) is 16.3 Å². The molecule has 2 aromatic rings. The first-order valence-electron chi connectivity index (χ1n) is 6.51. The number of carbonyl (C=O) groups is 2. The third-order valence-corrected chi connectivity index (χ3v) is 5.09. The molecule has 1 fully saturated rings. The molecule has 1 aromatic heterocycles. The van der Waals surface area contributed by atoms with Crippen molar-refractivity contribution in [2.24, 2.45) is 0 Å². The fraction of sp³-hybridized carbons (Fsp3) is 0.200. The first kappa shape index (κ1) is 15.0. The number of amides is 1. The Balaban J connectivity index is 2.00. The Morgan fingerprint density at radius 2 is 2.09 bits per heavy atom. The summed E-state index contributed by atoms with van der Waals surface area (Å²) in [6, 6.07) is 7.27. The molecule has 1 aromatic carbocycles. The van der Waals surface area contributed by atoms with Gasteiger partial charge in [-0.2, -0.15) is 0 Å². The van der Waals surface area contributed by atoms with Crippen LogP contribution in [0.15, 0.2) is 47.3 Å². The molecule has 0 unspecified atom stereocenters. The van der Waals surface area contributed by atoms with Crippen molar-refractivity contribution in [2.75, 3.05) is 5.75 Å². The van der Waals surface area contributed by atoms with Crippen LogP contribution in [0, 0.1) is 0 Å². The van der Waals surface area contributed by atoms with Gasteiger partial charge in [-0.25, -0.2) is 0 Å². The minimum Gasteiger partial charge on any atom is -0.548 e. The second kappa shape index (κ2) is 6.06. The number of hydrogen-bond acceptors (Lipinski definition) is 5. The molecular weight excluding hydrogens is 326 g/mol. The molecule has 1 saturated heterocycles. The van der Waals surface area contributed by atoms with Crippen molar-refractivity contribution in [3.8, 4) is 0 Å². The smallest absolute Gasteiger partial charge is 0.257 e. The molecule has 7 heteroatoms. The summed E-state index contributed by atoms with van der Waals surface area (Å²) in [6.07, 6.45) is 2.99. The summed E-state index contributed by atoms with van der Waals surface area (Å²) >= 11 is 7.42. The predicted octanol–water partition coefficient (Wildman–Crippen LogP) is 1.94. The Labute approximate surface area is 135 Å². The zero-order valence-corrected chi connectivity index (χ0v) is 12.8. The number of carboxylic acid groups (broad SMARTS) is 1. The Hall–Kier alpha value is -1.92. The number of carboxylic acids is 1. The molecule has 3 rings (SSSR count). The maximum absolute atomic E-state index is 12.8. The van der Waals surface area contributed by atoms with Gasteiger partial charge in [-0.05, 0) is 18.2 Å². The van der Waals surface area contributed by atoms with Crippen LogP contribution in [0.2, 0.25) is 5.02 Å². The fourth-order valence-electron chi connectivity index (χ4n) is 2.38. The highest BCUT2D eigenvalue weighted by Gasteiger charge is 2.40. The molecule has 1 aliphatic heterocycles. The number of carbonyl (C=O) groups excluding carboxylic acids is 2. The normalized spacial score (nSPS) is 21.0. The molecule has 114 valence electrons. The number of nitrogens with zero attached hydrogens (tertiary/aromatic N) is 1. The van der Waals surface area contributed by atoms with Gasteiger partial charge < -0.3 is 19.2 Å². The lowest BCUT2D eigenvalue weighted by Crippen LogP contribution is -2.49. The minimum absolute atomic E-state index is 0.258. The van der Waals surface area contributed by atoms with Gasteiger partial charge >= 0.3 is 0 Å². The van der Waals surface area contributed by atoms with E-state index in [0.29, 0.717) is 0 Å². The first-order chi connectivity index (χ1) is 10.6. The minimum atomic E-state index is -1.28. The Morgan fingerprint density at radius 3 is 2.73 bits per heavy atom. The van der Waals surface area contributed by atoms with E-state index in [4.69, 9.17) is 16.0 Å². The van der Waals surface area contributed by atoms with Crippen molar-refractivity contribution >= 4 is 35.2 Å². The number of furan rings is 1. The maximum Gasteiger partial charge on any atom is 0.257 e. The molecule has 0 aliphatic carbocycles. The van der Waals surface area contributed by atoms with Crippen LogP contribution in [0.3, 0.4) is 0 Å². The number of halogens is 1. The molecule has 2 atom stereocenters. The van der Waals surface area contributed by atoms with Crippen molar-refractivity contribution in [3.63, 3.8) is 0 Å². The molecule has 22 heavy (non-hydrogen) atoms. The van der Waals surface area contributed by atoms with Gasteiger partial charge in [0.1, 0.15) is 5.37 Å². The molecule has 2 heterocycles. The molecule has 1 aliphatic rings. The molecule has 0 radical (unpaired) electrons. The highest BCUT2D eigenvalue weighted by atomic mass is 35.5. The van der Waals surface area contributed by atoms with Crippen molar-refractivity contribution in [2.45, 2.75) is 11.4 Å². The lowest BCUT2D eigenvalue weighted by molar-refractivity contribution is -0.310. The average Bonchev–Trinajstić information content (AvgIpc) is 3.15. The zero-order valence-electron chi connectivity index (χ0n) is 11.3. The van der Waals surface area contributed by atoms with Crippen molar-refractivity contribution in [1.29, 1.82) is 0 Å². The van der Waals surface area contributed by atoms with Crippen LogP contribution in [0.25, 0.3) is 0 Å². The van der Waals surface area contributed by atoms with Gasteiger partial charge in [0.15, 0.2) is 0 Å². The summed E-state index contributed by atoms with van der Waals surface area (Å²) in [6.45, 7) is 0. The van der Waals surface area contributed by atoms with Gasteiger partial charge in [-0.15, -0.1) is 11.8 Å². The second-order valence-corrected chi connectivity index (χ2v) is 6.29. The molecule has 0 spiro atoms. The number of hydrogen-bond donors (Lipinski definition) is 0. The highest BCUT2D eigenvalue weighted by molar-refractivity contribution is 7.99. The van der Waals surface area contributed by atoms with E-state index in [1.807, 2.05) is 0 Å². The van der Waals surface area contributed by atoms with Gasteiger partial charge in [0.25, 0.3) is 5.91 Å². The Morgan fingerprint density at radius 1 is 1.32 bits per heavy atom. The number of thioether (sulfide) groups is 1. The van der Waals surface area contributed by atoms with Crippen LogP contribution in [-0.2, 0) is 4.79 Å². The van der Waals surface area contributed by atoms with Crippen LogP contribution in [0.1, 0.15) is 21.3 Å². The Bertz CT molecular complexity index is 703. The van der Waals surface area contributed by atoms with E-state index in [1.54, 1.807) is 30.3 Å². The van der Waals surface area contributed by atoms with Crippen LogP contribution >= 0.6 is 23.4 Å². The quantitative estimate of drug-likeness (QED) is 0.856. The lowest BCUT2D eigenvalue weighted by Gasteiger charge is -2.29. The van der Waals surface area contributed by atoms with Crippen molar-refractivity contribution < 1.29 is 19.1 Å². The van der Waals surface area contributed by atoms with Crippen molar-refractivity contribution in [1.82, 2.24) is 4.90 Å². The summed E-state index contributed by atoms with van der Waals surface area (Å²) in [5.41, 5.74) is 1.00. The molecular formula is C15H11ClNO4S-. The van der Waals surface area contributed by atoms with Crippen LogP contribution in [-0.4, -0.2) is 28.6 Å². The van der Waals surface area contributed by atoms with Gasteiger partial charge in [-0.1, -0.05) is 23.7 Å². The summed E-state index contributed by atoms with van der Waals surface area (Å²) in [5, 5.41) is 11.2. The van der Waals surface area contributed by atoms with Gasteiger partial charge in [0.2, 0.25) is 0 Å². The summed E-state index contributed by atoms with van der Waals surface area (Å²) < 4.78 is 5.04. The lowest BCUT2D eigenvalue weighted by atomic mass is 10.1. The van der Waals surface area contributed by atoms with E-state index >= 15 is 0 Å². The van der Waals surface area contributed by atoms with E-state index in [0.717, 1.165) is 5.56 Å².